The minimum atomic E-state index is 0.733. The number of thiocyanates is 1. The van der Waals surface area contributed by atoms with Gasteiger partial charge in [-0.1, -0.05) is 12.1 Å². The van der Waals surface area contributed by atoms with Gasteiger partial charge < -0.3 is 5.73 Å². The molecule has 1 rings (SSSR count). The molecule has 0 spiro atoms. The van der Waals surface area contributed by atoms with Gasteiger partial charge in [-0.25, -0.2) is 0 Å². The van der Waals surface area contributed by atoms with Crippen LogP contribution in [0, 0.1) is 10.7 Å². The van der Waals surface area contributed by atoms with Crippen molar-refractivity contribution in [1.82, 2.24) is 0 Å². The predicted octanol–water partition coefficient (Wildman–Crippen LogP) is 1.98. The average molecular weight is 164 g/mol. The lowest BCUT2D eigenvalue weighted by Gasteiger charge is -1.95. The number of nitrogens with zero attached hydrogens (tertiary/aromatic N) is 1. The maximum Gasteiger partial charge on any atom is 0.133 e. The molecule has 11 heavy (non-hydrogen) atoms. The molecule has 1 aromatic carbocycles. The van der Waals surface area contributed by atoms with Crippen molar-refractivity contribution >= 4 is 17.4 Å². The molecule has 0 bridgehead atoms. The molecule has 0 heterocycles. The molecule has 0 radical (unpaired) electrons. The molecular formula is C8H8N2S. The Morgan fingerprint density at radius 2 is 2.00 bits per heavy atom. The van der Waals surface area contributed by atoms with Gasteiger partial charge in [0.25, 0.3) is 0 Å². The molecule has 2 N–H and O–H groups in total. The van der Waals surface area contributed by atoms with E-state index in [1.807, 2.05) is 29.7 Å². The highest BCUT2D eigenvalue weighted by atomic mass is 32.2. The summed E-state index contributed by atoms with van der Waals surface area (Å²) in [6.07, 6.45) is 0. The summed E-state index contributed by atoms with van der Waals surface area (Å²) in [7, 11) is 0. The molecule has 0 aliphatic rings. The lowest BCUT2D eigenvalue weighted by atomic mass is 10.2. The van der Waals surface area contributed by atoms with E-state index in [2.05, 4.69) is 0 Å². The van der Waals surface area contributed by atoms with Gasteiger partial charge in [0, 0.05) is 11.4 Å². The van der Waals surface area contributed by atoms with E-state index in [1.54, 1.807) is 0 Å². The van der Waals surface area contributed by atoms with Crippen LogP contribution in [0.1, 0.15) is 5.56 Å². The summed E-state index contributed by atoms with van der Waals surface area (Å²) in [5, 5.41) is 10.3. The van der Waals surface area contributed by atoms with Crippen LogP contribution in [-0.4, -0.2) is 0 Å². The largest absolute Gasteiger partial charge is 0.399 e. The highest BCUT2D eigenvalue weighted by Gasteiger charge is 1.90. The van der Waals surface area contributed by atoms with Gasteiger partial charge >= 0.3 is 0 Å². The van der Waals surface area contributed by atoms with Crippen LogP contribution in [0.5, 0.6) is 0 Å². The highest BCUT2D eigenvalue weighted by molar-refractivity contribution is 8.02. The van der Waals surface area contributed by atoms with E-state index >= 15 is 0 Å². The van der Waals surface area contributed by atoms with Gasteiger partial charge in [0.05, 0.1) is 0 Å². The summed E-state index contributed by atoms with van der Waals surface area (Å²) >= 11 is 1.23. The second-order valence-corrected chi connectivity index (χ2v) is 2.88. The van der Waals surface area contributed by atoms with E-state index in [1.165, 1.54) is 11.8 Å². The molecule has 0 amide bonds. The zero-order chi connectivity index (χ0) is 8.10. The molecule has 0 fully saturated rings. The predicted molar refractivity (Wildman–Crippen MR) is 47.8 cm³/mol. The maximum absolute atomic E-state index is 8.27. The first kappa shape index (κ1) is 7.96. The van der Waals surface area contributed by atoms with Gasteiger partial charge in [-0.3, -0.25) is 0 Å². The van der Waals surface area contributed by atoms with Crippen LogP contribution in [0.25, 0.3) is 0 Å². The molecule has 0 saturated heterocycles. The number of nitriles is 1. The van der Waals surface area contributed by atoms with Crippen molar-refractivity contribution in [2.75, 3.05) is 5.73 Å². The van der Waals surface area contributed by atoms with Crippen LogP contribution >= 0.6 is 11.8 Å². The van der Waals surface area contributed by atoms with Crippen molar-refractivity contribution in [3.8, 4) is 5.40 Å². The van der Waals surface area contributed by atoms with E-state index in [0.29, 0.717) is 0 Å². The van der Waals surface area contributed by atoms with Crippen molar-refractivity contribution < 1.29 is 0 Å². The second kappa shape index (κ2) is 3.89. The Kier molecular flexibility index (Phi) is 2.82. The Hall–Kier alpha value is -1.14. The zero-order valence-electron chi connectivity index (χ0n) is 5.95. The third-order valence-electron chi connectivity index (χ3n) is 1.28. The summed E-state index contributed by atoms with van der Waals surface area (Å²) in [4.78, 5) is 0. The van der Waals surface area contributed by atoms with Gasteiger partial charge in [0.15, 0.2) is 0 Å². The third kappa shape index (κ3) is 2.52. The average Bonchev–Trinajstić information content (AvgIpc) is 2.04. The molecule has 3 heteroatoms. The number of benzene rings is 1. The Labute approximate surface area is 70.0 Å². The molecule has 56 valence electrons. The minimum absolute atomic E-state index is 0.733. The summed E-state index contributed by atoms with van der Waals surface area (Å²) in [5.74, 6) is 0.733. The molecular weight excluding hydrogens is 156 g/mol. The van der Waals surface area contributed by atoms with Crippen molar-refractivity contribution in [3.63, 3.8) is 0 Å². The van der Waals surface area contributed by atoms with E-state index in [9.17, 15) is 0 Å². The van der Waals surface area contributed by atoms with Crippen LogP contribution in [0.4, 0.5) is 5.69 Å². The fourth-order valence-electron chi connectivity index (χ4n) is 0.729. The number of hydrogen-bond acceptors (Lipinski definition) is 3. The van der Waals surface area contributed by atoms with E-state index in [-0.39, 0.29) is 0 Å². The molecule has 2 nitrogen and oxygen atoms in total. The maximum atomic E-state index is 8.27. The molecule has 0 aromatic heterocycles. The van der Waals surface area contributed by atoms with Gasteiger partial charge in [0.1, 0.15) is 5.40 Å². The molecule has 0 saturated carbocycles. The molecule has 1 aromatic rings. The number of hydrogen-bond donors (Lipinski definition) is 1. The standard InChI is InChI=1S/C8H8N2S/c9-6-11-5-7-1-3-8(10)4-2-7/h1-4H,5,10H2. The quantitative estimate of drug-likeness (QED) is 0.537. The molecule has 0 unspecified atom stereocenters. The number of rotatable bonds is 2. The fraction of sp³-hybridized carbons (Fsp3) is 0.125. The van der Waals surface area contributed by atoms with Crippen LogP contribution in [0.2, 0.25) is 0 Å². The number of anilines is 1. The second-order valence-electron chi connectivity index (χ2n) is 2.12. The molecule has 0 aliphatic heterocycles. The van der Waals surface area contributed by atoms with E-state index < -0.39 is 0 Å². The van der Waals surface area contributed by atoms with Crippen LogP contribution in [-0.2, 0) is 5.75 Å². The normalized spacial score (nSPS) is 9.00. The first-order valence-electron chi connectivity index (χ1n) is 3.18. The summed E-state index contributed by atoms with van der Waals surface area (Å²) in [6.45, 7) is 0. The Balaban J connectivity index is 2.60. The molecule has 0 aliphatic carbocycles. The van der Waals surface area contributed by atoms with E-state index in [4.69, 9.17) is 11.0 Å². The summed E-state index contributed by atoms with van der Waals surface area (Å²) in [6, 6.07) is 7.54. The number of nitrogens with two attached hydrogens (primary N) is 1. The van der Waals surface area contributed by atoms with Gasteiger partial charge in [-0.15, -0.1) is 0 Å². The van der Waals surface area contributed by atoms with Crippen LogP contribution < -0.4 is 5.73 Å². The first-order chi connectivity index (χ1) is 5.33. The highest BCUT2D eigenvalue weighted by Crippen LogP contribution is 2.12. The molecule has 0 atom stereocenters. The smallest absolute Gasteiger partial charge is 0.133 e. The summed E-state index contributed by atoms with van der Waals surface area (Å²) < 4.78 is 0. The van der Waals surface area contributed by atoms with Gasteiger partial charge in [-0.2, -0.15) is 5.26 Å². The summed E-state index contributed by atoms with van der Waals surface area (Å²) in [5.41, 5.74) is 7.37. The Morgan fingerprint density at radius 1 is 1.36 bits per heavy atom. The minimum Gasteiger partial charge on any atom is -0.399 e. The third-order valence-corrected chi connectivity index (χ3v) is 1.89. The monoisotopic (exact) mass is 164 g/mol. The Bertz CT molecular complexity index is 260. The van der Waals surface area contributed by atoms with Crippen molar-refractivity contribution in [3.05, 3.63) is 29.8 Å². The number of thioether (sulfide) groups is 1. The lowest BCUT2D eigenvalue weighted by molar-refractivity contribution is 1.42. The van der Waals surface area contributed by atoms with Crippen LogP contribution in [0.15, 0.2) is 24.3 Å². The Morgan fingerprint density at radius 3 is 2.55 bits per heavy atom. The lowest BCUT2D eigenvalue weighted by Crippen LogP contribution is -1.84. The van der Waals surface area contributed by atoms with Crippen LogP contribution in [0.3, 0.4) is 0 Å². The fourth-order valence-corrected chi connectivity index (χ4v) is 1.15. The van der Waals surface area contributed by atoms with Crippen molar-refractivity contribution in [2.45, 2.75) is 5.75 Å². The van der Waals surface area contributed by atoms with Crippen molar-refractivity contribution in [1.29, 1.82) is 5.26 Å². The SMILES string of the molecule is N#CSCc1ccc(N)cc1. The van der Waals surface area contributed by atoms with Crippen molar-refractivity contribution in [2.24, 2.45) is 0 Å². The van der Waals surface area contributed by atoms with Gasteiger partial charge in [0.2, 0.25) is 0 Å². The topological polar surface area (TPSA) is 49.8 Å². The zero-order valence-corrected chi connectivity index (χ0v) is 6.77. The first-order valence-corrected chi connectivity index (χ1v) is 4.17. The number of nitrogen functional groups attached to an aromatic ring is 1. The van der Waals surface area contributed by atoms with Gasteiger partial charge in [-0.05, 0) is 29.5 Å². The van der Waals surface area contributed by atoms with E-state index in [0.717, 1.165) is 17.0 Å².